The fraction of sp³-hybridized carbons (Fsp3) is 0. The molecule has 0 aliphatic carbocycles. The number of fused-ring (bicyclic) bond motifs is 6. The number of hydrogen-bond donors (Lipinski definition) is 0. The van der Waals surface area contributed by atoms with Gasteiger partial charge in [-0.2, -0.15) is 0 Å². The molecule has 5 heteroatoms. The molecule has 4 heterocycles. The van der Waals surface area contributed by atoms with Gasteiger partial charge < -0.3 is 0 Å². The minimum Gasteiger partial charge on any atom is -0.298 e. The van der Waals surface area contributed by atoms with Gasteiger partial charge >= 0.3 is 0 Å². The van der Waals surface area contributed by atoms with Crippen molar-refractivity contribution < 1.29 is 0 Å². The van der Waals surface area contributed by atoms with Crippen LogP contribution in [0.1, 0.15) is 0 Å². The third-order valence-electron chi connectivity index (χ3n) is 9.63. The van der Waals surface area contributed by atoms with Gasteiger partial charge in [-0.05, 0) is 52.6 Å². The third kappa shape index (κ3) is 5.03. The molecule has 0 radical (unpaired) electrons. The van der Waals surface area contributed by atoms with Crippen LogP contribution in [0, 0.1) is 0 Å². The fourth-order valence-corrected chi connectivity index (χ4v) is 7.09. The van der Waals surface area contributed by atoms with Crippen molar-refractivity contribution in [2.45, 2.75) is 0 Å². The SMILES string of the molecule is c1ccc(-c2cccc(-c3nc(-c4ccc(-c5ccc(-c6nc7ccccc7c7nc8ccccn8c67)cc5)cc4)c4ccccc4n3)c2)cc1. The molecule has 4 aromatic heterocycles. The number of benzene rings is 6. The first-order chi connectivity index (χ1) is 25.3. The summed E-state index contributed by atoms with van der Waals surface area (Å²) in [5, 5.41) is 2.08. The van der Waals surface area contributed by atoms with Gasteiger partial charge in [0, 0.05) is 33.7 Å². The predicted octanol–water partition coefficient (Wildman–Crippen LogP) is 11.3. The van der Waals surface area contributed by atoms with Crippen LogP contribution in [0.15, 0.2) is 176 Å². The Balaban J connectivity index is 1.01. The van der Waals surface area contributed by atoms with Gasteiger partial charge in [0.25, 0.3) is 0 Å². The molecule has 0 fully saturated rings. The summed E-state index contributed by atoms with van der Waals surface area (Å²) in [6.45, 7) is 0. The Morgan fingerprint density at radius 2 is 0.922 bits per heavy atom. The molecule has 0 saturated carbocycles. The number of para-hydroxylation sites is 2. The second-order valence-electron chi connectivity index (χ2n) is 12.7. The van der Waals surface area contributed by atoms with Crippen LogP contribution in [0.3, 0.4) is 0 Å². The molecular formula is C46H29N5. The van der Waals surface area contributed by atoms with Gasteiger partial charge in [-0.15, -0.1) is 0 Å². The van der Waals surface area contributed by atoms with Crippen LogP contribution < -0.4 is 0 Å². The summed E-state index contributed by atoms with van der Waals surface area (Å²) in [4.78, 5) is 20.3. The fourth-order valence-electron chi connectivity index (χ4n) is 7.09. The van der Waals surface area contributed by atoms with E-state index in [9.17, 15) is 0 Å². The summed E-state index contributed by atoms with van der Waals surface area (Å²) >= 11 is 0. The zero-order chi connectivity index (χ0) is 33.7. The summed E-state index contributed by atoms with van der Waals surface area (Å²) in [5.41, 5.74) is 14.2. The van der Waals surface area contributed by atoms with Gasteiger partial charge in [0.15, 0.2) is 5.82 Å². The second kappa shape index (κ2) is 11.9. The van der Waals surface area contributed by atoms with Crippen molar-refractivity contribution in [1.29, 1.82) is 0 Å². The topological polar surface area (TPSA) is 56.0 Å². The highest BCUT2D eigenvalue weighted by Crippen LogP contribution is 2.35. The van der Waals surface area contributed by atoms with Crippen LogP contribution in [0.2, 0.25) is 0 Å². The first kappa shape index (κ1) is 29.0. The van der Waals surface area contributed by atoms with E-state index in [0.29, 0.717) is 5.82 Å². The van der Waals surface area contributed by atoms with Crippen LogP contribution in [0.4, 0.5) is 0 Å². The molecule has 238 valence electrons. The summed E-state index contributed by atoms with van der Waals surface area (Å²) in [6.07, 6.45) is 2.06. The Morgan fingerprint density at radius 1 is 0.353 bits per heavy atom. The number of imidazole rings is 1. The van der Waals surface area contributed by atoms with E-state index in [1.807, 2.05) is 48.5 Å². The lowest BCUT2D eigenvalue weighted by atomic mass is 9.98. The van der Waals surface area contributed by atoms with Crippen LogP contribution >= 0.6 is 0 Å². The maximum absolute atomic E-state index is 5.16. The monoisotopic (exact) mass is 651 g/mol. The Morgan fingerprint density at radius 3 is 1.69 bits per heavy atom. The molecule has 5 nitrogen and oxygen atoms in total. The average Bonchev–Trinajstić information content (AvgIpc) is 3.61. The Hall–Kier alpha value is -6.98. The highest BCUT2D eigenvalue weighted by Gasteiger charge is 2.17. The van der Waals surface area contributed by atoms with Crippen LogP contribution in [0.25, 0.3) is 94.6 Å². The first-order valence-corrected chi connectivity index (χ1v) is 17.1. The summed E-state index contributed by atoms with van der Waals surface area (Å²) < 4.78 is 2.14. The van der Waals surface area contributed by atoms with Crippen molar-refractivity contribution in [1.82, 2.24) is 24.3 Å². The summed E-state index contributed by atoms with van der Waals surface area (Å²) in [5.74, 6) is 0.712. The largest absolute Gasteiger partial charge is 0.298 e. The third-order valence-corrected chi connectivity index (χ3v) is 9.63. The summed E-state index contributed by atoms with van der Waals surface area (Å²) in [6, 6.07) is 58.8. The standard InChI is InChI=1S/C46H29N5/c1-2-11-30(12-3-1)35-13-10-14-36(29-35)46-48-40-18-7-4-15-37(40)42(50-46)33-24-20-31(21-25-33)32-22-26-34(27-23-32)43-45-44(38-16-5-6-17-39(38)47-43)49-41-19-8-9-28-51(41)45/h1-29H. The summed E-state index contributed by atoms with van der Waals surface area (Å²) in [7, 11) is 0. The highest BCUT2D eigenvalue weighted by atomic mass is 15.0. The van der Waals surface area contributed by atoms with Crippen molar-refractivity contribution in [2.24, 2.45) is 0 Å². The average molecular weight is 652 g/mol. The highest BCUT2D eigenvalue weighted by molar-refractivity contribution is 6.09. The molecule has 0 N–H and O–H groups in total. The van der Waals surface area contributed by atoms with E-state index in [0.717, 1.165) is 83.3 Å². The van der Waals surface area contributed by atoms with Crippen molar-refractivity contribution >= 4 is 38.5 Å². The predicted molar refractivity (Wildman–Crippen MR) is 208 cm³/mol. The van der Waals surface area contributed by atoms with E-state index in [1.165, 1.54) is 5.56 Å². The molecule has 0 spiro atoms. The molecule has 10 aromatic rings. The molecule has 51 heavy (non-hydrogen) atoms. The van der Waals surface area contributed by atoms with Gasteiger partial charge in [0.2, 0.25) is 0 Å². The minimum atomic E-state index is 0.712. The van der Waals surface area contributed by atoms with E-state index < -0.39 is 0 Å². The maximum Gasteiger partial charge on any atom is 0.160 e. The van der Waals surface area contributed by atoms with E-state index >= 15 is 0 Å². The molecular weight excluding hydrogens is 623 g/mol. The quantitative estimate of drug-likeness (QED) is 0.186. The molecule has 0 aliphatic heterocycles. The smallest absolute Gasteiger partial charge is 0.160 e. The van der Waals surface area contributed by atoms with Gasteiger partial charge in [-0.1, -0.05) is 140 Å². The van der Waals surface area contributed by atoms with Crippen LogP contribution in [-0.2, 0) is 0 Å². The minimum absolute atomic E-state index is 0.712. The van der Waals surface area contributed by atoms with Crippen LogP contribution in [-0.4, -0.2) is 24.3 Å². The van der Waals surface area contributed by atoms with Gasteiger partial charge in [0.1, 0.15) is 11.2 Å². The van der Waals surface area contributed by atoms with Gasteiger partial charge in [-0.25, -0.2) is 19.9 Å². The van der Waals surface area contributed by atoms with Crippen LogP contribution in [0.5, 0.6) is 0 Å². The molecule has 0 bridgehead atoms. The molecule has 0 unspecified atom stereocenters. The Labute approximate surface area is 294 Å². The molecule has 0 amide bonds. The van der Waals surface area contributed by atoms with E-state index in [1.54, 1.807) is 0 Å². The number of aromatic nitrogens is 5. The van der Waals surface area contributed by atoms with E-state index in [-0.39, 0.29) is 0 Å². The van der Waals surface area contributed by atoms with Crippen molar-refractivity contribution in [3.05, 3.63) is 176 Å². The Kier molecular flexibility index (Phi) is 6.74. The molecule has 6 aromatic carbocycles. The lowest BCUT2D eigenvalue weighted by Gasteiger charge is -2.11. The van der Waals surface area contributed by atoms with Gasteiger partial charge in [0.05, 0.1) is 27.9 Å². The first-order valence-electron chi connectivity index (χ1n) is 17.1. The van der Waals surface area contributed by atoms with Crippen molar-refractivity contribution in [3.63, 3.8) is 0 Å². The van der Waals surface area contributed by atoms with Crippen molar-refractivity contribution in [3.8, 4) is 56.2 Å². The maximum atomic E-state index is 5.16. The molecule has 0 aliphatic rings. The lowest BCUT2D eigenvalue weighted by molar-refractivity contribution is 1.22. The normalized spacial score (nSPS) is 11.5. The van der Waals surface area contributed by atoms with E-state index in [2.05, 4.69) is 132 Å². The zero-order valence-corrected chi connectivity index (χ0v) is 27.5. The number of hydrogen-bond acceptors (Lipinski definition) is 4. The van der Waals surface area contributed by atoms with Gasteiger partial charge in [-0.3, -0.25) is 4.40 Å². The molecule has 0 atom stereocenters. The second-order valence-corrected chi connectivity index (χ2v) is 12.7. The molecule has 0 saturated heterocycles. The Bertz CT molecular complexity index is 2890. The number of pyridine rings is 2. The van der Waals surface area contributed by atoms with E-state index in [4.69, 9.17) is 19.9 Å². The zero-order valence-electron chi connectivity index (χ0n) is 27.5. The lowest BCUT2D eigenvalue weighted by Crippen LogP contribution is -1.95. The molecule has 10 rings (SSSR count). The number of nitrogens with zero attached hydrogens (tertiary/aromatic N) is 5. The number of rotatable bonds is 5. The van der Waals surface area contributed by atoms with Crippen molar-refractivity contribution in [2.75, 3.05) is 0 Å².